The van der Waals surface area contributed by atoms with Crippen LogP contribution in [-0.4, -0.2) is 33.8 Å². The SMILES string of the molecule is CC(C)C(NC(=O)N[C@H](C)CCO)c1nc2ccccc2[nH]1. The highest BCUT2D eigenvalue weighted by molar-refractivity contribution is 5.76. The first-order valence-corrected chi connectivity index (χ1v) is 7.63. The predicted octanol–water partition coefficient (Wildman–Crippen LogP) is 2.33. The quantitative estimate of drug-likeness (QED) is 0.660. The van der Waals surface area contributed by atoms with Gasteiger partial charge in [0.25, 0.3) is 0 Å². The topological polar surface area (TPSA) is 90.0 Å². The van der Waals surface area contributed by atoms with Crippen LogP contribution in [0.2, 0.25) is 0 Å². The van der Waals surface area contributed by atoms with Gasteiger partial charge in [0, 0.05) is 12.6 Å². The Balaban J connectivity index is 2.11. The van der Waals surface area contributed by atoms with Crippen molar-refractivity contribution < 1.29 is 9.90 Å². The van der Waals surface area contributed by atoms with Crippen molar-refractivity contribution in [2.24, 2.45) is 5.92 Å². The van der Waals surface area contributed by atoms with Crippen molar-refractivity contribution >= 4 is 17.1 Å². The van der Waals surface area contributed by atoms with E-state index in [1.165, 1.54) is 0 Å². The first-order chi connectivity index (χ1) is 10.5. The molecule has 1 heterocycles. The zero-order valence-electron chi connectivity index (χ0n) is 13.3. The summed E-state index contributed by atoms with van der Waals surface area (Å²) >= 11 is 0. The molecular weight excluding hydrogens is 280 g/mol. The van der Waals surface area contributed by atoms with E-state index in [1.54, 1.807) is 0 Å². The van der Waals surface area contributed by atoms with E-state index in [4.69, 9.17) is 5.11 Å². The number of nitrogens with zero attached hydrogens (tertiary/aromatic N) is 1. The van der Waals surface area contributed by atoms with Crippen molar-refractivity contribution in [2.45, 2.75) is 39.3 Å². The molecule has 0 spiro atoms. The molecule has 0 saturated heterocycles. The number of nitrogens with one attached hydrogen (secondary N) is 3. The van der Waals surface area contributed by atoms with E-state index >= 15 is 0 Å². The summed E-state index contributed by atoms with van der Waals surface area (Å²) < 4.78 is 0. The van der Waals surface area contributed by atoms with Gasteiger partial charge in [-0.25, -0.2) is 9.78 Å². The van der Waals surface area contributed by atoms with Gasteiger partial charge >= 0.3 is 6.03 Å². The van der Waals surface area contributed by atoms with E-state index < -0.39 is 0 Å². The highest BCUT2D eigenvalue weighted by Gasteiger charge is 2.22. The molecule has 0 aliphatic heterocycles. The van der Waals surface area contributed by atoms with Gasteiger partial charge in [0.1, 0.15) is 5.82 Å². The van der Waals surface area contributed by atoms with Gasteiger partial charge in [0.05, 0.1) is 17.1 Å². The smallest absolute Gasteiger partial charge is 0.315 e. The van der Waals surface area contributed by atoms with Crippen molar-refractivity contribution in [1.29, 1.82) is 0 Å². The minimum absolute atomic E-state index is 0.0542. The molecule has 120 valence electrons. The molecule has 0 aliphatic carbocycles. The van der Waals surface area contributed by atoms with Gasteiger partial charge < -0.3 is 20.7 Å². The second-order valence-corrected chi connectivity index (χ2v) is 5.89. The fraction of sp³-hybridized carbons (Fsp3) is 0.500. The fourth-order valence-corrected chi connectivity index (χ4v) is 2.34. The van der Waals surface area contributed by atoms with Crippen LogP contribution in [0.4, 0.5) is 4.79 Å². The number of carbonyl (C=O) groups excluding carboxylic acids is 1. The maximum absolute atomic E-state index is 12.1. The molecule has 4 N–H and O–H groups in total. The third-order valence-electron chi connectivity index (χ3n) is 3.60. The van der Waals surface area contributed by atoms with Crippen LogP contribution in [0, 0.1) is 5.92 Å². The predicted molar refractivity (Wildman–Crippen MR) is 86.5 cm³/mol. The number of hydrogen-bond donors (Lipinski definition) is 4. The number of H-pyrrole nitrogens is 1. The third kappa shape index (κ3) is 3.98. The number of para-hydroxylation sites is 2. The van der Waals surface area contributed by atoms with Crippen LogP contribution in [-0.2, 0) is 0 Å². The molecule has 0 saturated carbocycles. The first-order valence-electron chi connectivity index (χ1n) is 7.63. The van der Waals surface area contributed by atoms with Crippen molar-refractivity contribution in [2.75, 3.05) is 6.61 Å². The molecule has 2 rings (SSSR count). The summed E-state index contributed by atoms with van der Waals surface area (Å²) in [4.78, 5) is 19.9. The Morgan fingerprint density at radius 3 is 2.64 bits per heavy atom. The van der Waals surface area contributed by atoms with Crippen LogP contribution in [0.1, 0.15) is 39.1 Å². The number of carbonyl (C=O) groups is 1. The maximum atomic E-state index is 12.1. The van der Waals surface area contributed by atoms with Gasteiger partial charge in [-0.1, -0.05) is 26.0 Å². The zero-order chi connectivity index (χ0) is 16.1. The zero-order valence-corrected chi connectivity index (χ0v) is 13.3. The highest BCUT2D eigenvalue weighted by Crippen LogP contribution is 2.22. The Hall–Kier alpha value is -2.08. The van der Waals surface area contributed by atoms with Crippen LogP contribution >= 0.6 is 0 Å². The number of aliphatic hydroxyl groups is 1. The molecule has 2 aromatic rings. The number of aliphatic hydroxyl groups excluding tert-OH is 1. The summed E-state index contributed by atoms with van der Waals surface area (Å²) in [6.45, 7) is 5.99. The van der Waals surface area contributed by atoms with E-state index in [2.05, 4.69) is 20.6 Å². The minimum atomic E-state index is -0.250. The van der Waals surface area contributed by atoms with Gasteiger partial charge in [-0.15, -0.1) is 0 Å². The molecule has 1 aromatic heterocycles. The Bertz CT molecular complexity index is 590. The number of rotatable bonds is 6. The molecule has 0 radical (unpaired) electrons. The first kappa shape index (κ1) is 16.3. The van der Waals surface area contributed by atoms with Gasteiger partial charge in [-0.2, -0.15) is 0 Å². The molecule has 6 nitrogen and oxygen atoms in total. The van der Waals surface area contributed by atoms with Crippen LogP contribution in [0.15, 0.2) is 24.3 Å². The van der Waals surface area contributed by atoms with E-state index in [0.717, 1.165) is 16.9 Å². The van der Waals surface area contributed by atoms with Gasteiger partial charge in [-0.3, -0.25) is 0 Å². The number of urea groups is 1. The number of benzene rings is 1. The number of amides is 2. The number of aromatic amines is 1. The highest BCUT2D eigenvalue weighted by atomic mass is 16.3. The summed E-state index contributed by atoms with van der Waals surface area (Å²) in [7, 11) is 0. The summed E-state index contributed by atoms with van der Waals surface area (Å²) in [5.74, 6) is 0.945. The average Bonchev–Trinajstić information content (AvgIpc) is 2.88. The molecular formula is C16H24N4O2. The van der Waals surface area contributed by atoms with E-state index in [-0.39, 0.29) is 30.6 Å². The number of fused-ring (bicyclic) bond motifs is 1. The van der Waals surface area contributed by atoms with E-state index in [9.17, 15) is 4.79 Å². The van der Waals surface area contributed by atoms with Crippen LogP contribution in [0.5, 0.6) is 0 Å². The number of imidazole rings is 1. The van der Waals surface area contributed by atoms with Crippen molar-refractivity contribution in [1.82, 2.24) is 20.6 Å². The molecule has 1 aromatic carbocycles. The van der Waals surface area contributed by atoms with Crippen molar-refractivity contribution in [3.63, 3.8) is 0 Å². The van der Waals surface area contributed by atoms with E-state index in [1.807, 2.05) is 45.0 Å². The lowest BCUT2D eigenvalue weighted by Gasteiger charge is -2.22. The second-order valence-electron chi connectivity index (χ2n) is 5.89. The summed E-state index contributed by atoms with van der Waals surface area (Å²) in [5, 5.41) is 14.7. The lowest BCUT2D eigenvalue weighted by Crippen LogP contribution is -2.44. The van der Waals surface area contributed by atoms with Crippen molar-refractivity contribution in [3.8, 4) is 0 Å². The fourth-order valence-electron chi connectivity index (χ4n) is 2.34. The molecule has 0 aliphatic rings. The van der Waals surface area contributed by atoms with Gasteiger partial charge in [0.15, 0.2) is 0 Å². The molecule has 6 heteroatoms. The van der Waals surface area contributed by atoms with Gasteiger partial charge in [0.2, 0.25) is 0 Å². The third-order valence-corrected chi connectivity index (χ3v) is 3.60. The largest absolute Gasteiger partial charge is 0.396 e. The summed E-state index contributed by atoms with van der Waals surface area (Å²) in [6, 6.07) is 7.27. The number of aromatic nitrogens is 2. The molecule has 2 amide bonds. The molecule has 0 fully saturated rings. The Labute approximate surface area is 130 Å². The lowest BCUT2D eigenvalue weighted by atomic mass is 10.0. The van der Waals surface area contributed by atoms with Crippen LogP contribution < -0.4 is 10.6 Å². The summed E-state index contributed by atoms with van der Waals surface area (Å²) in [5.41, 5.74) is 1.85. The molecule has 2 atom stereocenters. The Morgan fingerprint density at radius 1 is 1.27 bits per heavy atom. The molecule has 22 heavy (non-hydrogen) atoms. The normalized spacial score (nSPS) is 14.0. The van der Waals surface area contributed by atoms with Crippen LogP contribution in [0.25, 0.3) is 11.0 Å². The Kier molecular flexibility index (Phi) is 5.38. The molecule has 1 unspecified atom stereocenters. The van der Waals surface area contributed by atoms with Gasteiger partial charge in [-0.05, 0) is 31.4 Å². The number of hydrogen-bond acceptors (Lipinski definition) is 3. The second kappa shape index (κ2) is 7.26. The Morgan fingerprint density at radius 2 is 2.00 bits per heavy atom. The maximum Gasteiger partial charge on any atom is 0.315 e. The molecule has 0 bridgehead atoms. The van der Waals surface area contributed by atoms with Crippen LogP contribution in [0.3, 0.4) is 0 Å². The monoisotopic (exact) mass is 304 g/mol. The standard InChI is InChI=1S/C16H24N4O2/c1-10(2)14(20-16(22)17-11(3)8-9-21)15-18-12-6-4-5-7-13(12)19-15/h4-7,10-11,14,21H,8-9H2,1-3H3,(H,18,19)(H2,17,20,22)/t11-,14?/m1/s1. The van der Waals surface area contributed by atoms with E-state index in [0.29, 0.717) is 6.42 Å². The minimum Gasteiger partial charge on any atom is -0.396 e. The summed E-state index contributed by atoms with van der Waals surface area (Å²) in [6.07, 6.45) is 0.532. The van der Waals surface area contributed by atoms with Crippen molar-refractivity contribution in [3.05, 3.63) is 30.1 Å². The average molecular weight is 304 g/mol. The lowest BCUT2D eigenvalue weighted by molar-refractivity contribution is 0.223.